The smallest absolute Gasteiger partial charge is 0.257 e. The molecule has 7 heteroatoms. The van der Waals surface area contributed by atoms with Crippen molar-refractivity contribution >= 4 is 23.1 Å². The van der Waals surface area contributed by atoms with E-state index in [1.54, 1.807) is 10.7 Å². The monoisotopic (exact) mass is 309 g/mol. The Hall–Kier alpha value is -3.09. The summed E-state index contributed by atoms with van der Waals surface area (Å²) < 4.78 is 3.44. The highest BCUT2D eigenvalue weighted by atomic mass is 16.2. The first-order chi connectivity index (χ1) is 11.1. The number of nitrogens with one attached hydrogen (secondary N) is 2. The molecule has 7 nitrogen and oxygen atoms in total. The lowest BCUT2D eigenvalue weighted by Gasteiger charge is -2.13. The van der Waals surface area contributed by atoms with Crippen LogP contribution in [0.15, 0.2) is 36.8 Å². The van der Waals surface area contributed by atoms with E-state index in [4.69, 9.17) is 0 Å². The summed E-state index contributed by atoms with van der Waals surface area (Å²) in [6.07, 6.45) is 5.10. The Bertz CT molecular complexity index is 953. The zero-order valence-electron chi connectivity index (χ0n) is 12.7. The van der Waals surface area contributed by atoms with Crippen LogP contribution in [-0.4, -0.2) is 26.0 Å². The molecule has 0 saturated heterocycles. The van der Waals surface area contributed by atoms with Crippen LogP contribution in [0.1, 0.15) is 27.5 Å². The lowest BCUT2D eigenvalue weighted by molar-refractivity contribution is -0.117. The van der Waals surface area contributed by atoms with Gasteiger partial charge >= 0.3 is 0 Å². The van der Waals surface area contributed by atoms with Gasteiger partial charge in [-0.05, 0) is 18.6 Å². The van der Waals surface area contributed by atoms with Gasteiger partial charge in [0.15, 0.2) is 0 Å². The molecule has 1 atom stereocenters. The van der Waals surface area contributed by atoms with E-state index >= 15 is 0 Å². The lowest BCUT2D eigenvalue weighted by Crippen LogP contribution is -2.33. The van der Waals surface area contributed by atoms with Crippen molar-refractivity contribution in [2.24, 2.45) is 7.05 Å². The lowest BCUT2D eigenvalue weighted by atomic mass is 10.0. The molecule has 1 aliphatic rings. The van der Waals surface area contributed by atoms with Gasteiger partial charge in [0.2, 0.25) is 0 Å². The zero-order chi connectivity index (χ0) is 16.1. The van der Waals surface area contributed by atoms with Crippen molar-refractivity contribution in [3.05, 3.63) is 53.5 Å². The zero-order valence-corrected chi connectivity index (χ0v) is 12.7. The van der Waals surface area contributed by atoms with Crippen molar-refractivity contribution in [2.45, 2.75) is 13.0 Å². The van der Waals surface area contributed by atoms with Crippen molar-refractivity contribution in [1.82, 2.24) is 19.5 Å². The van der Waals surface area contributed by atoms with E-state index in [9.17, 15) is 9.59 Å². The molecule has 0 spiro atoms. The maximum atomic E-state index is 12.6. The SMILES string of the molecule is Cc1cccc2c1C(NC(=O)c1cnn3ccn(C)c13)C(=O)N2. The summed E-state index contributed by atoms with van der Waals surface area (Å²) in [5.74, 6) is -0.545. The Balaban J connectivity index is 1.70. The summed E-state index contributed by atoms with van der Waals surface area (Å²) in [5.41, 5.74) is 3.66. The summed E-state index contributed by atoms with van der Waals surface area (Å²) in [5, 5.41) is 9.77. The van der Waals surface area contributed by atoms with Gasteiger partial charge in [0.25, 0.3) is 11.8 Å². The van der Waals surface area contributed by atoms with Gasteiger partial charge in [0, 0.05) is 30.7 Å². The molecule has 2 amide bonds. The fourth-order valence-electron chi connectivity index (χ4n) is 3.07. The maximum Gasteiger partial charge on any atom is 0.257 e. The number of hydrogen-bond donors (Lipinski definition) is 2. The van der Waals surface area contributed by atoms with Crippen LogP contribution < -0.4 is 10.6 Å². The molecule has 3 aromatic rings. The fourth-order valence-corrected chi connectivity index (χ4v) is 3.07. The van der Waals surface area contributed by atoms with Crippen molar-refractivity contribution in [1.29, 1.82) is 0 Å². The van der Waals surface area contributed by atoms with Gasteiger partial charge < -0.3 is 15.2 Å². The number of aryl methyl sites for hydroxylation is 2. The van der Waals surface area contributed by atoms with Gasteiger partial charge in [0.05, 0.1) is 6.20 Å². The molecule has 4 rings (SSSR count). The number of imidazole rings is 1. The van der Waals surface area contributed by atoms with Crippen LogP contribution in [0, 0.1) is 6.92 Å². The van der Waals surface area contributed by atoms with Crippen LogP contribution in [0.2, 0.25) is 0 Å². The number of carbonyl (C=O) groups excluding carboxylic acids is 2. The summed E-state index contributed by atoms with van der Waals surface area (Å²) in [4.78, 5) is 24.9. The van der Waals surface area contributed by atoms with Crippen molar-refractivity contribution in [2.75, 3.05) is 5.32 Å². The van der Waals surface area contributed by atoms with Crippen molar-refractivity contribution < 1.29 is 9.59 Å². The molecule has 0 fully saturated rings. The molecule has 1 aliphatic heterocycles. The van der Waals surface area contributed by atoms with Crippen LogP contribution in [-0.2, 0) is 11.8 Å². The molecule has 0 saturated carbocycles. The van der Waals surface area contributed by atoms with E-state index in [0.717, 1.165) is 16.8 Å². The minimum Gasteiger partial charge on any atom is -0.336 e. The Morgan fingerprint density at radius 1 is 1.35 bits per heavy atom. The van der Waals surface area contributed by atoms with E-state index < -0.39 is 6.04 Å². The molecule has 3 heterocycles. The third-order valence-corrected chi connectivity index (χ3v) is 4.19. The van der Waals surface area contributed by atoms with Gasteiger partial charge in [-0.25, -0.2) is 4.52 Å². The maximum absolute atomic E-state index is 12.6. The van der Waals surface area contributed by atoms with Crippen LogP contribution in [0.25, 0.3) is 5.65 Å². The number of anilines is 1. The predicted octanol–water partition coefficient (Wildman–Crippen LogP) is 1.40. The minimum absolute atomic E-state index is 0.224. The Labute approximate surface area is 131 Å². The largest absolute Gasteiger partial charge is 0.336 e. The second-order valence-electron chi connectivity index (χ2n) is 5.67. The molecule has 23 heavy (non-hydrogen) atoms. The molecular formula is C16H15N5O2. The third kappa shape index (κ3) is 1.93. The van der Waals surface area contributed by atoms with Gasteiger partial charge in [0.1, 0.15) is 17.3 Å². The topological polar surface area (TPSA) is 80.4 Å². The first-order valence-electron chi connectivity index (χ1n) is 7.26. The van der Waals surface area contributed by atoms with E-state index in [-0.39, 0.29) is 11.8 Å². The normalized spacial score (nSPS) is 16.4. The highest BCUT2D eigenvalue weighted by Gasteiger charge is 2.33. The average Bonchev–Trinajstić information content (AvgIpc) is 3.16. The Kier molecular flexibility index (Phi) is 2.77. The number of aromatic nitrogens is 3. The molecule has 0 radical (unpaired) electrons. The Morgan fingerprint density at radius 3 is 3.00 bits per heavy atom. The molecule has 116 valence electrons. The second kappa shape index (κ2) is 4.70. The molecule has 2 aromatic heterocycles. The second-order valence-corrected chi connectivity index (χ2v) is 5.67. The number of carbonyl (C=O) groups is 2. The molecule has 2 N–H and O–H groups in total. The van der Waals surface area contributed by atoms with E-state index in [1.165, 1.54) is 6.20 Å². The molecular weight excluding hydrogens is 294 g/mol. The van der Waals surface area contributed by atoms with Gasteiger partial charge in [-0.15, -0.1) is 0 Å². The van der Waals surface area contributed by atoms with E-state index in [1.807, 2.05) is 42.9 Å². The average molecular weight is 309 g/mol. The Morgan fingerprint density at radius 2 is 2.17 bits per heavy atom. The summed E-state index contributed by atoms with van der Waals surface area (Å²) in [6, 6.07) is 4.95. The quantitative estimate of drug-likeness (QED) is 0.751. The van der Waals surface area contributed by atoms with E-state index in [2.05, 4.69) is 15.7 Å². The summed E-state index contributed by atoms with van der Waals surface area (Å²) in [6.45, 7) is 1.92. The highest BCUT2D eigenvalue weighted by Crippen LogP contribution is 2.33. The first-order valence-corrected chi connectivity index (χ1v) is 7.26. The number of nitrogens with zero attached hydrogens (tertiary/aromatic N) is 3. The van der Waals surface area contributed by atoms with Crippen LogP contribution in [0.3, 0.4) is 0 Å². The van der Waals surface area contributed by atoms with Crippen LogP contribution in [0.4, 0.5) is 5.69 Å². The number of hydrogen-bond acceptors (Lipinski definition) is 3. The van der Waals surface area contributed by atoms with Crippen molar-refractivity contribution in [3.8, 4) is 0 Å². The van der Waals surface area contributed by atoms with Gasteiger partial charge in [-0.3, -0.25) is 9.59 Å². The van der Waals surface area contributed by atoms with Crippen LogP contribution >= 0.6 is 0 Å². The van der Waals surface area contributed by atoms with Gasteiger partial charge in [-0.2, -0.15) is 5.10 Å². The predicted molar refractivity (Wildman–Crippen MR) is 84.2 cm³/mol. The number of benzene rings is 1. The van der Waals surface area contributed by atoms with Gasteiger partial charge in [-0.1, -0.05) is 12.1 Å². The third-order valence-electron chi connectivity index (χ3n) is 4.19. The van der Waals surface area contributed by atoms with Crippen molar-refractivity contribution in [3.63, 3.8) is 0 Å². The molecule has 1 unspecified atom stereocenters. The molecule has 1 aromatic carbocycles. The number of rotatable bonds is 2. The summed E-state index contributed by atoms with van der Waals surface area (Å²) >= 11 is 0. The number of amides is 2. The standard InChI is InChI=1S/C16H15N5O2/c1-9-4-3-5-11-12(9)13(15(23)18-11)19-14(22)10-8-17-21-7-6-20(2)16(10)21/h3-8,13H,1-2H3,(H,18,23)(H,19,22). The first kappa shape index (κ1) is 13.6. The molecule has 0 bridgehead atoms. The van der Waals surface area contributed by atoms with E-state index in [0.29, 0.717) is 11.2 Å². The number of fused-ring (bicyclic) bond motifs is 2. The molecule has 0 aliphatic carbocycles. The summed E-state index contributed by atoms with van der Waals surface area (Å²) in [7, 11) is 1.84. The van der Waals surface area contributed by atoms with Crippen LogP contribution in [0.5, 0.6) is 0 Å². The minimum atomic E-state index is -0.686. The highest BCUT2D eigenvalue weighted by molar-refractivity contribution is 6.08. The fraction of sp³-hybridized carbons (Fsp3) is 0.188.